The normalized spacial score (nSPS) is 14.0. The van der Waals surface area contributed by atoms with Crippen molar-refractivity contribution in [3.8, 4) is 0 Å². The number of aliphatic hydroxyl groups excluding tert-OH is 1. The highest BCUT2D eigenvalue weighted by Crippen LogP contribution is 1.95. The van der Waals surface area contributed by atoms with Crippen molar-refractivity contribution in [2.24, 2.45) is 0 Å². The second-order valence-electron chi connectivity index (χ2n) is 2.56. The SMILES string of the molecule is C/C=C\C(O)N(C)CCC(=O)O. The predicted octanol–water partition coefficient (Wildman–Crippen LogP) is 0.287. The summed E-state index contributed by atoms with van der Waals surface area (Å²) in [5.74, 6) is -0.852. The first-order valence-electron chi connectivity index (χ1n) is 3.81. The molecule has 0 fully saturated rings. The molecule has 0 aromatic rings. The van der Waals surface area contributed by atoms with E-state index >= 15 is 0 Å². The highest BCUT2D eigenvalue weighted by Gasteiger charge is 2.07. The number of hydrogen-bond acceptors (Lipinski definition) is 3. The van der Waals surface area contributed by atoms with Gasteiger partial charge in [-0.25, -0.2) is 0 Å². The molecule has 12 heavy (non-hydrogen) atoms. The molecule has 0 spiro atoms. The molecule has 0 aliphatic heterocycles. The largest absolute Gasteiger partial charge is 0.481 e. The van der Waals surface area contributed by atoms with Crippen LogP contribution in [-0.2, 0) is 4.79 Å². The number of aliphatic hydroxyl groups is 1. The molecule has 0 amide bonds. The van der Waals surface area contributed by atoms with Gasteiger partial charge in [-0.2, -0.15) is 0 Å². The summed E-state index contributed by atoms with van der Waals surface area (Å²) in [7, 11) is 1.67. The first-order chi connectivity index (χ1) is 5.57. The van der Waals surface area contributed by atoms with Crippen LogP contribution in [0.1, 0.15) is 13.3 Å². The van der Waals surface area contributed by atoms with Crippen molar-refractivity contribution < 1.29 is 15.0 Å². The lowest BCUT2D eigenvalue weighted by Gasteiger charge is -2.19. The van der Waals surface area contributed by atoms with Crippen LogP contribution in [0.2, 0.25) is 0 Å². The molecule has 0 saturated carbocycles. The molecule has 0 saturated heterocycles. The number of hydrogen-bond donors (Lipinski definition) is 2. The summed E-state index contributed by atoms with van der Waals surface area (Å²) in [5.41, 5.74) is 0. The van der Waals surface area contributed by atoms with E-state index in [1.54, 1.807) is 31.0 Å². The molecule has 1 atom stereocenters. The number of carboxylic acids is 1. The number of rotatable bonds is 5. The molecular formula is C8H15NO3. The zero-order chi connectivity index (χ0) is 9.56. The maximum atomic E-state index is 10.2. The fourth-order valence-electron chi connectivity index (χ4n) is 0.723. The Balaban J connectivity index is 3.70. The van der Waals surface area contributed by atoms with Gasteiger partial charge in [0.25, 0.3) is 0 Å². The van der Waals surface area contributed by atoms with Crippen LogP contribution in [0, 0.1) is 0 Å². The number of nitrogens with zero attached hydrogens (tertiary/aromatic N) is 1. The van der Waals surface area contributed by atoms with Crippen molar-refractivity contribution in [2.45, 2.75) is 19.6 Å². The second kappa shape index (κ2) is 5.74. The van der Waals surface area contributed by atoms with Gasteiger partial charge in [0.05, 0.1) is 6.42 Å². The third kappa shape index (κ3) is 4.87. The Kier molecular flexibility index (Phi) is 5.32. The van der Waals surface area contributed by atoms with Gasteiger partial charge >= 0.3 is 5.97 Å². The summed E-state index contributed by atoms with van der Waals surface area (Å²) in [6.45, 7) is 2.15. The van der Waals surface area contributed by atoms with Crippen LogP contribution in [0.3, 0.4) is 0 Å². The topological polar surface area (TPSA) is 60.8 Å². The van der Waals surface area contributed by atoms with Crippen LogP contribution in [0.15, 0.2) is 12.2 Å². The average molecular weight is 173 g/mol. The van der Waals surface area contributed by atoms with Gasteiger partial charge in [-0.3, -0.25) is 9.69 Å². The molecule has 70 valence electrons. The zero-order valence-electron chi connectivity index (χ0n) is 7.40. The Morgan fingerprint density at radius 3 is 2.67 bits per heavy atom. The molecule has 4 nitrogen and oxygen atoms in total. The van der Waals surface area contributed by atoms with E-state index in [1.807, 2.05) is 0 Å². The van der Waals surface area contributed by atoms with Gasteiger partial charge in [0.1, 0.15) is 6.23 Å². The minimum absolute atomic E-state index is 0.0467. The van der Waals surface area contributed by atoms with Crippen molar-refractivity contribution >= 4 is 5.97 Å². The molecule has 0 aliphatic carbocycles. The quantitative estimate of drug-likeness (QED) is 0.463. The summed E-state index contributed by atoms with van der Waals surface area (Å²) in [5, 5.41) is 17.6. The van der Waals surface area contributed by atoms with Gasteiger partial charge in [0, 0.05) is 6.54 Å². The van der Waals surface area contributed by atoms with E-state index < -0.39 is 12.2 Å². The van der Waals surface area contributed by atoms with E-state index in [-0.39, 0.29) is 6.42 Å². The number of carbonyl (C=O) groups is 1. The average Bonchev–Trinajstić information content (AvgIpc) is 2.00. The summed E-state index contributed by atoms with van der Waals surface area (Å²) in [4.78, 5) is 11.7. The maximum Gasteiger partial charge on any atom is 0.304 e. The number of allylic oxidation sites excluding steroid dienone is 1. The Bertz CT molecular complexity index is 168. The summed E-state index contributed by atoms with van der Waals surface area (Å²) in [6.07, 6.45) is 2.68. The highest BCUT2D eigenvalue weighted by atomic mass is 16.4. The summed E-state index contributed by atoms with van der Waals surface area (Å²) >= 11 is 0. The van der Waals surface area contributed by atoms with Crippen molar-refractivity contribution in [3.05, 3.63) is 12.2 Å². The van der Waals surface area contributed by atoms with E-state index in [1.165, 1.54) is 0 Å². The lowest BCUT2D eigenvalue weighted by molar-refractivity contribution is -0.137. The van der Waals surface area contributed by atoms with Crippen LogP contribution >= 0.6 is 0 Å². The fraction of sp³-hybridized carbons (Fsp3) is 0.625. The van der Waals surface area contributed by atoms with E-state index in [0.717, 1.165) is 0 Å². The van der Waals surface area contributed by atoms with Gasteiger partial charge < -0.3 is 10.2 Å². The van der Waals surface area contributed by atoms with Crippen molar-refractivity contribution in [3.63, 3.8) is 0 Å². The predicted molar refractivity (Wildman–Crippen MR) is 45.7 cm³/mol. The van der Waals surface area contributed by atoms with Crippen molar-refractivity contribution in [1.82, 2.24) is 4.90 Å². The van der Waals surface area contributed by atoms with Crippen LogP contribution in [0.4, 0.5) is 0 Å². The molecule has 0 radical (unpaired) electrons. The zero-order valence-corrected chi connectivity index (χ0v) is 7.40. The van der Waals surface area contributed by atoms with E-state index in [2.05, 4.69) is 0 Å². The first kappa shape index (κ1) is 11.1. The Morgan fingerprint density at radius 2 is 2.25 bits per heavy atom. The molecule has 1 unspecified atom stereocenters. The second-order valence-corrected chi connectivity index (χ2v) is 2.56. The molecule has 0 bridgehead atoms. The summed E-state index contributed by atoms with van der Waals surface area (Å²) < 4.78 is 0. The Labute approximate surface area is 72.1 Å². The minimum Gasteiger partial charge on any atom is -0.481 e. The van der Waals surface area contributed by atoms with Gasteiger partial charge in [0.15, 0.2) is 0 Å². The van der Waals surface area contributed by atoms with Crippen LogP contribution in [0.25, 0.3) is 0 Å². The van der Waals surface area contributed by atoms with E-state index in [4.69, 9.17) is 5.11 Å². The van der Waals surface area contributed by atoms with E-state index in [0.29, 0.717) is 6.54 Å². The number of aliphatic carboxylic acids is 1. The molecule has 2 N–H and O–H groups in total. The first-order valence-corrected chi connectivity index (χ1v) is 3.81. The molecule has 4 heteroatoms. The molecule has 0 aromatic heterocycles. The minimum atomic E-state index is -0.852. The van der Waals surface area contributed by atoms with Crippen molar-refractivity contribution in [2.75, 3.05) is 13.6 Å². The van der Waals surface area contributed by atoms with Gasteiger partial charge in [0.2, 0.25) is 0 Å². The highest BCUT2D eigenvalue weighted by molar-refractivity contribution is 5.66. The Morgan fingerprint density at radius 1 is 1.67 bits per heavy atom. The number of likely N-dealkylation sites (N-methyl/N-ethyl adjacent to an activating group) is 1. The molecule has 0 aromatic carbocycles. The van der Waals surface area contributed by atoms with Crippen LogP contribution in [0.5, 0.6) is 0 Å². The van der Waals surface area contributed by atoms with Crippen LogP contribution in [-0.4, -0.2) is 40.9 Å². The van der Waals surface area contributed by atoms with Gasteiger partial charge in [-0.1, -0.05) is 6.08 Å². The number of carboxylic acid groups (broad SMARTS) is 1. The lowest BCUT2D eigenvalue weighted by Crippen LogP contribution is -2.31. The fourth-order valence-corrected chi connectivity index (χ4v) is 0.723. The van der Waals surface area contributed by atoms with Crippen LogP contribution < -0.4 is 0 Å². The third-order valence-electron chi connectivity index (χ3n) is 1.49. The van der Waals surface area contributed by atoms with Crippen molar-refractivity contribution in [1.29, 1.82) is 0 Å². The summed E-state index contributed by atoms with van der Waals surface area (Å²) in [6, 6.07) is 0. The van der Waals surface area contributed by atoms with Gasteiger partial charge in [-0.05, 0) is 20.0 Å². The monoisotopic (exact) mass is 173 g/mol. The molecular weight excluding hydrogens is 158 g/mol. The molecule has 0 heterocycles. The smallest absolute Gasteiger partial charge is 0.304 e. The van der Waals surface area contributed by atoms with Gasteiger partial charge in [-0.15, -0.1) is 0 Å². The standard InChI is InChI=1S/C8H15NO3/c1-3-4-7(10)9(2)6-5-8(11)12/h3-4,7,10H,5-6H2,1-2H3,(H,11,12)/b4-3-. The van der Waals surface area contributed by atoms with E-state index in [9.17, 15) is 9.90 Å². The molecule has 0 aliphatic rings. The maximum absolute atomic E-state index is 10.2. The Hall–Kier alpha value is -0.870. The third-order valence-corrected chi connectivity index (χ3v) is 1.49. The lowest BCUT2D eigenvalue weighted by atomic mass is 10.3. The molecule has 0 rings (SSSR count).